The predicted molar refractivity (Wildman–Crippen MR) is 128 cm³/mol. The SMILES string of the molecule is Cc1nc(-c2ccccc2)nc(N2CCCN(S(=O)(=O)c3ccccc3)CC2)c1C(C)C. The molecule has 0 aliphatic carbocycles. The van der Waals surface area contributed by atoms with E-state index in [4.69, 9.17) is 9.97 Å². The highest BCUT2D eigenvalue weighted by atomic mass is 32.2. The Labute approximate surface area is 191 Å². The van der Waals surface area contributed by atoms with Crippen LogP contribution in [-0.4, -0.2) is 48.9 Å². The lowest BCUT2D eigenvalue weighted by Gasteiger charge is -2.27. The molecule has 2 heterocycles. The van der Waals surface area contributed by atoms with E-state index < -0.39 is 10.0 Å². The number of sulfonamides is 1. The van der Waals surface area contributed by atoms with Gasteiger partial charge in [0.25, 0.3) is 0 Å². The van der Waals surface area contributed by atoms with Gasteiger partial charge in [0.15, 0.2) is 5.82 Å². The summed E-state index contributed by atoms with van der Waals surface area (Å²) in [4.78, 5) is 12.4. The molecule has 0 atom stereocenters. The van der Waals surface area contributed by atoms with Crippen LogP contribution in [0.1, 0.15) is 37.4 Å². The molecule has 4 rings (SSSR count). The summed E-state index contributed by atoms with van der Waals surface area (Å²) in [5, 5.41) is 0. The van der Waals surface area contributed by atoms with Gasteiger partial charge >= 0.3 is 0 Å². The molecular weight excluding hydrogens is 420 g/mol. The minimum absolute atomic E-state index is 0.266. The Bertz CT molecular complexity index is 1170. The number of hydrogen-bond acceptors (Lipinski definition) is 5. The largest absolute Gasteiger partial charge is 0.355 e. The first-order valence-electron chi connectivity index (χ1n) is 11.1. The zero-order valence-electron chi connectivity index (χ0n) is 18.9. The van der Waals surface area contributed by atoms with Gasteiger partial charge in [0.1, 0.15) is 5.82 Å². The Hall–Kier alpha value is -2.77. The number of hydrogen-bond donors (Lipinski definition) is 0. The van der Waals surface area contributed by atoms with Crippen LogP contribution in [0.5, 0.6) is 0 Å². The van der Waals surface area contributed by atoms with Gasteiger partial charge in [-0.1, -0.05) is 62.4 Å². The molecule has 0 unspecified atom stereocenters. The second-order valence-corrected chi connectivity index (χ2v) is 10.4. The molecule has 1 fully saturated rings. The second-order valence-electron chi connectivity index (χ2n) is 8.45. The summed E-state index contributed by atoms with van der Waals surface area (Å²) >= 11 is 0. The fourth-order valence-electron chi connectivity index (χ4n) is 4.29. The fraction of sp³-hybridized carbons (Fsp3) is 0.360. The third-order valence-electron chi connectivity index (χ3n) is 5.86. The van der Waals surface area contributed by atoms with Crippen LogP contribution in [0, 0.1) is 6.92 Å². The van der Waals surface area contributed by atoms with Gasteiger partial charge < -0.3 is 4.90 Å². The Morgan fingerprint density at radius 1 is 0.844 bits per heavy atom. The first-order chi connectivity index (χ1) is 15.4. The van der Waals surface area contributed by atoms with Gasteiger partial charge in [-0.15, -0.1) is 0 Å². The molecular formula is C25H30N4O2S. The van der Waals surface area contributed by atoms with Crippen LogP contribution in [-0.2, 0) is 10.0 Å². The normalized spacial score (nSPS) is 15.7. The molecule has 0 radical (unpaired) electrons. The molecule has 0 spiro atoms. The maximum Gasteiger partial charge on any atom is 0.243 e. The summed E-state index contributed by atoms with van der Waals surface area (Å²) in [7, 11) is -3.50. The van der Waals surface area contributed by atoms with Gasteiger partial charge in [0, 0.05) is 43.0 Å². The van der Waals surface area contributed by atoms with Crippen molar-refractivity contribution in [1.29, 1.82) is 0 Å². The average molecular weight is 451 g/mol. The number of benzene rings is 2. The van der Waals surface area contributed by atoms with Gasteiger partial charge in [-0.25, -0.2) is 18.4 Å². The quantitative estimate of drug-likeness (QED) is 0.574. The Kier molecular flexibility index (Phi) is 6.58. The minimum atomic E-state index is -3.50. The molecule has 1 aromatic heterocycles. The Balaban J connectivity index is 1.66. The van der Waals surface area contributed by atoms with E-state index in [9.17, 15) is 8.42 Å². The summed E-state index contributed by atoms with van der Waals surface area (Å²) in [6, 6.07) is 18.7. The zero-order valence-corrected chi connectivity index (χ0v) is 19.7. The topological polar surface area (TPSA) is 66.4 Å². The Morgan fingerprint density at radius 2 is 1.50 bits per heavy atom. The van der Waals surface area contributed by atoms with Crippen LogP contribution in [0.4, 0.5) is 5.82 Å². The van der Waals surface area contributed by atoms with Gasteiger partial charge in [-0.05, 0) is 31.4 Å². The average Bonchev–Trinajstić information content (AvgIpc) is 3.06. The molecule has 0 amide bonds. The minimum Gasteiger partial charge on any atom is -0.355 e. The van der Waals surface area contributed by atoms with Crippen LogP contribution in [0.3, 0.4) is 0 Å². The first kappa shape index (κ1) is 22.4. The van der Waals surface area contributed by atoms with E-state index in [0.29, 0.717) is 30.4 Å². The van der Waals surface area contributed by atoms with Gasteiger partial charge in [0.05, 0.1) is 4.90 Å². The standard InChI is InChI=1S/C25H30N4O2S/c1-19(2)23-20(3)26-24(21-11-6-4-7-12-21)27-25(23)28-15-10-16-29(18-17-28)32(30,31)22-13-8-5-9-14-22/h4-9,11-14,19H,10,15-18H2,1-3H3. The van der Waals surface area contributed by atoms with E-state index in [-0.39, 0.29) is 5.92 Å². The number of anilines is 1. The summed E-state index contributed by atoms with van der Waals surface area (Å²) in [6.07, 6.45) is 0.743. The predicted octanol–water partition coefficient (Wildman–Crippen LogP) is 4.48. The fourth-order valence-corrected chi connectivity index (χ4v) is 5.78. The molecule has 1 aliphatic heterocycles. The molecule has 1 saturated heterocycles. The maximum atomic E-state index is 13.1. The van der Waals surface area contributed by atoms with Crippen molar-refractivity contribution < 1.29 is 8.42 Å². The molecule has 3 aromatic rings. The van der Waals surface area contributed by atoms with Crippen molar-refractivity contribution in [2.45, 2.75) is 38.0 Å². The van der Waals surface area contributed by atoms with Crippen LogP contribution in [0.15, 0.2) is 65.6 Å². The molecule has 168 valence electrons. The summed E-state index contributed by atoms with van der Waals surface area (Å²) in [6.45, 7) is 8.63. The molecule has 7 heteroatoms. The van der Waals surface area contributed by atoms with Gasteiger partial charge in [0.2, 0.25) is 10.0 Å². The maximum absolute atomic E-state index is 13.1. The van der Waals surface area contributed by atoms with E-state index in [2.05, 4.69) is 18.7 Å². The van der Waals surface area contributed by atoms with E-state index >= 15 is 0 Å². The lowest BCUT2D eigenvalue weighted by atomic mass is 10.0. The zero-order chi connectivity index (χ0) is 22.7. The van der Waals surface area contributed by atoms with E-state index in [1.807, 2.05) is 43.3 Å². The third kappa shape index (κ3) is 4.54. The van der Waals surface area contributed by atoms with Crippen molar-refractivity contribution in [3.63, 3.8) is 0 Å². The van der Waals surface area contributed by atoms with Crippen molar-refractivity contribution in [2.24, 2.45) is 0 Å². The lowest BCUT2D eigenvalue weighted by Crippen LogP contribution is -2.35. The molecule has 0 N–H and O–H groups in total. The van der Waals surface area contributed by atoms with Crippen LogP contribution >= 0.6 is 0 Å². The molecule has 32 heavy (non-hydrogen) atoms. The second kappa shape index (κ2) is 9.38. The van der Waals surface area contributed by atoms with Crippen molar-refractivity contribution in [1.82, 2.24) is 14.3 Å². The smallest absolute Gasteiger partial charge is 0.243 e. The third-order valence-corrected chi connectivity index (χ3v) is 7.77. The van der Waals surface area contributed by atoms with E-state index in [1.54, 1.807) is 28.6 Å². The highest BCUT2D eigenvalue weighted by Crippen LogP contribution is 2.31. The number of aryl methyl sites for hydroxylation is 1. The van der Waals surface area contributed by atoms with Crippen molar-refractivity contribution in [2.75, 3.05) is 31.1 Å². The summed E-state index contributed by atoms with van der Waals surface area (Å²) in [5.41, 5.74) is 3.08. The van der Waals surface area contributed by atoms with Crippen LogP contribution in [0.25, 0.3) is 11.4 Å². The lowest BCUT2D eigenvalue weighted by molar-refractivity contribution is 0.433. The van der Waals surface area contributed by atoms with Gasteiger partial charge in [-0.2, -0.15) is 4.31 Å². The summed E-state index contributed by atoms with van der Waals surface area (Å²) in [5.74, 6) is 1.90. The molecule has 0 bridgehead atoms. The number of aromatic nitrogens is 2. The van der Waals surface area contributed by atoms with E-state index in [0.717, 1.165) is 35.6 Å². The van der Waals surface area contributed by atoms with Crippen LogP contribution < -0.4 is 4.90 Å². The molecule has 1 aliphatic rings. The van der Waals surface area contributed by atoms with Gasteiger partial charge in [-0.3, -0.25) is 0 Å². The first-order valence-corrected chi connectivity index (χ1v) is 12.6. The summed E-state index contributed by atoms with van der Waals surface area (Å²) < 4.78 is 27.9. The van der Waals surface area contributed by atoms with Crippen LogP contribution in [0.2, 0.25) is 0 Å². The highest BCUT2D eigenvalue weighted by Gasteiger charge is 2.29. The molecule has 0 saturated carbocycles. The van der Waals surface area contributed by atoms with E-state index in [1.165, 1.54) is 0 Å². The monoisotopic (exact) mass is 450 g/mol. The highest BCUT2D eigenvalue weighted by molar-refractivity contribution is 7.89. The molecule has 6 nitrogen and oxygen atoms in total. The van der Waals surface area contributed by atoms with Crippen molar-refractivity contribution in [3.8, 4) is 11.4 Å². The van der Waals surface area contributed by atoms with Crippen molar-refractivity contribution >= 4 is 15.8 Å². The Morgan fingerprint density at radius 3 is 2.16 bits per heavy atom. The number of nitrogens with zero attached hydrogens (tertiary/aromatic N) is 4. The van der Waals surface area contributed by atoms with Crippen molar-refractivity contribution in [3.05, 3.63) is 71.9 Å². The molecule has 2 aromatic carbocycles. The number of rotatable bonds is 5.